The Balaban J connectivity index is 2.03. The molecule has 6 nitrogen and oxygen atoms in total. The van der Waals surface area contributed by atoms with E-state index in [2.05, 4.69) is 20.8 Å². The molecule has 2 heterocycles. The minimum absolute atomic E-state index is 0.122. The molecule has 0 aliphatic carbocycles. The zero-order valence-electron chi connectivity index (χ0n) is 8.83. The molecule has 1 unspecified atom stereocenters. The van der Waals surface area contributed by atoms with E-state index in [1.807, 2.05) is 6.92 Å². The molecule has 1 fully saturated rings. The van der Waals surface area contributed by atoms with Crippen molar-refractivity contribution in [2.75, 3.05) is 11.9 Å². The fourth-order valence-corrected chi connectivity index (χ4v) is 1.67. The van der Waals surface area contributed by atoms with Gasteiger partial charge < -0.3 is 9.73 Å². The molecule has 0 spiro atoms. The second kappa shape index (κ2) is 3.62. The minimum atomic E-state index is -0.512. The van der Waals surface area contributed by atoms with E-state index in [4.69, 9.17) is 4.42 Å². The van der Waals surface area contributed by atoms with E-state index in [0.717, 1.165) is 19.4 Å². The van der Waals surface area contributed by atoms with E-state index in [1.54, 1.807) is 6.92 Å². The number of hydrogen-bond donors (Lipinski definition) is 2. The van der Waals surface area contributed by atoms with E-state index in [1.165, 1.54) is 0 Å². The molecule has 0 saturated carbocycles. The fourth-order valence-electron chi connectivity index (χ4n) is 1.67. The average molecular weight is 210 g/mol. The zero-order valence-corrected chi connectivity index (χ0v) is 8.83. The summed E-state index contributed by atoms with van der Waals surface area (Å²) in [6.45, 7) is 4.42. The predicted molar refractivity (Wildman–Crippen MR) is 53.3 cm³/mol. The number of amides is 1. The molecule has 1 aromatic rings. The van der Waals surface area contributed by atoms with Crippen LogP contribution in [-0.4, -0.2) is 28.2 Å². The van der Waals surface area contributed by atoms with Gasteiger partial charge in [-0.15, -0.1) is 5.10 Å². The van der Waals surface area contributed by atoms with E-state index < -0.39 is 5.54 Å². The van der Waals surface area contributed by atoms with Crippen LogP contribution in [0.15, 0.2) is 4.42 Å². The van der Waals surface area contributed by atoms with Crippen molar-refractivity contribution in [3.63, 3.8) is 0 Å². The van der Waals surface area contributed by atoms with Gasteiger partial charge in [0.05, 0.1) is 5.54 Å². The van der Waals surface area contributed by atoms with Crippen molar-refractivity contribution in [3.8, 4) is 0 Å². The first-order valence-electron chi connectivity index (χ1n) is 4.97. The van der Waals surface area contributed by atoms with Crippen LogP contribution in [0.3, 0.4) is 0 Å². The highest BCUT2D eigenvalue weighted by molar-refractivity contribution is 5.96. The first-order chi connectivity index (χ1) is 7.10. The maximum atomic E-state index is 11.8. The number of carbonyl (C=O) groups is 1. The molecule has 0 bridgehead atoms. The summed E-state index contributed by atoms with van der Waals surface area (Å²) >= 11 is 0. The summed E-state index contributed by atoms with van der Waals surface area (Å²) in [5.41, 5.74) is -0.512. The van der Waals surface area contributed by atoms with Gasteiger partial charge in [0.25, 0.3) is 0 Å². The van der Waals surface area contributed by atoms with E-state index in [0.29, 0.717) is 5.89 Å². The van der Waals surface area contributed by atoms with Crippen LogP contribution >= 0.6 is 0 Å². The van der Waals surface area contributed by atoms with Gasteiger partial charge in [-0.2, -0.15) is 0 Å². The highest BCUT2D eigenvalue weighted by Gasteiger charge is 2.36. The maximum absolute atomic E-state index is 11.8. The lowest BCUT2D eigenvalue weighted by Crippen LogP contribution is -2.48. The normalized spacial score (nSPS) is 25.5. The van der Waals surface area contributed by atoms with Crippen molar-refractivity contribution in [3.05, 3.63) is 5.89 Å². The molecule has 1 aromatic heterocycles. The third-order valence-corrected chi connectivity index (χ3v) is 2.62. The molecule has 1 amide bonds. The molecule has 2 rings (SSSR count). The summed E-state index contributed by atoms with van der Waals surface area (Å²) < 4.78 is 5.08. The monoisotopic (exact) mass is 210 g/mol. The number of nitrogens with one attached hydrogen (secondary N) is 2. The Morgan fingerprint density at radius 2 is 2.40 bits per heavy atom. The lowest BCUT2D eigenvalue weighted by Gasteiger charge is -2.21. The Kier molecular flexibility index (Phi) is 2.44. The van der Waals surface area contributed by atoms with Gasteiger partial charge in [-0.25, -0.2) is 0 Å². The van der Waals surface area contributed by atoms with Crippen LogP contribution in [0.2, 0.25) is 0 Å². The third kappa shape index (κ3) is 1.99. The van der Waals surface area contributed by atoms with E-state index in [-0.39, 0.29) is 11.9 Å². The fraction of sp³-hybridized carbons (Fsp3) is 0.667. The van der Waals surface area contributed by atoms with Crippen molar-refractivity contribution >= 4 is 11.9 Å². The van der Waals surface area contributed by atoms with Gasteiger partial charge in [-0.3, -0.25) is 10.1 Å². The summed E-state index contributed by atoms with van der Waals surface area (Å²) in [6.07, 6.45) is 1.83. The molecule has 0 aromatic carbocycles. The summed E-state index contributed by atoms with van der Waals surface area (Å²) in [5.74, 6) is 0.318. The van der Waals surface area contributed by atoms with Gasteiger partial charge in [-0.05, 0) is 26.3 Å². The number of nitrogens with zero attached hydrogens (tertiary/aromatic N) is 2. The van der Waals surface area contributed by atoms with Crippen molar-refractivity contribution in [1.29, 1.82) is 0 Å². The van der Waals surface area contributed by atoms with Crippen LogP contribution in [-0.2, 0) is 4.79 Å². The van der Waals surface area contributed by atoms with Gasteiger partial charge in [0.1, 0.15) is 0 Å². The van der Waals surface area contributed by atoms with Crippen molar-refractivity contribution in [1.82, 2.24) is 15.5 Å². The SMILES string of the molecule is Cc1nnc(NC(=O)C2(C)CCCN2)o1. The average Bonchev–Trinajstić information content (AvgIpc) is 2.76. The van der Waals surface area contributed by atoms with Crippen molar-refractivity contribution in [2.45, 2.75) is 32.2 Å². The standard InChI is InChI=1S/C9H14N4O2/c1-6-12-13-8(15-6)11-7(14)9(2)4-3-5-10-9/h10H,3-5H2,1-2H3,(H,11,13,14). The molecule has 0 radical (unpaired) electrons. The number of carbonyl (C=O) groups excluding carboxylic acids is 1. The molecule has 1 aliphatic rings. The second-order valence-corrected chi connectivity index (χ2v) is 3.94. The van der Waals surface area contributed by atoms with Gasteiger partial charge in [-0.1, -0.05) is 5.10 Å². The Bertz CT molecular complexity index is 368. The predicted octanol–water partition coefficient (Wildman–Crippen LogP) is 0.459. The molecule has 15 heavy (non-hydrogen) atoms. The molecule has 1 atom stereocenters. The Hall–Kier alpha value is -1.43. The Morgan fingerprint density at radius 1 is 1.60 bits per heavy atom. The van der Waals surface area contributed by atoms with Gasteiger partial charge in [0.15, 0.2) is 0 Å². The lowest BCUT2D eigenvalue weighted by molar-refractivity contribution is -0.121. The minimum Gasteiger partial charge on any atom is -0.408 e. The summed E-state index contributed by atoms with van der Waals surface area (Å²) in [5, 5.41) is 13.1. The summed E-state index contributed by atoms with van der Waals surface area (Å²) in [7, 11) is 0. The molecule has 1 saturated heterocycles. The topological polar surface area (TPSA) is 80.0 Å². The first-order valence-corrected chi connectivity index (χ1v) is 4.97. The number of aromatic nitrogens is 2. The Labute approximate surface area is 87.4 Å². The number of rotatable bonds is 2. The lowest BCUT2D eigenvalue weighted by atomic mass is 10.00. The van der Waals surface area contributed by atoms with Gasteiger partial charge >= 0.3 is 6.01 Å². The third-order valence-electron chi connectivity index (χ3n) is 2.62. The van der Waals surface area contributed by atoms with Crippen LogP contribution in [0.4, 0.5) is 6.01 Å². The molecular weight excluding hydrogens is 196 g/mol. The quantitative estimate of drug-likeness (QED) is 0.741. The zero-order chi connectivity index (χ0) is 10.9. The van der Waals surface area contributed by atoms with E-state index >= 15 is 0 Å². The smallest absolute Gasteiger partial charge is 0.322 e. The summed E-state index contributed by atoms with van der Waals surface area (Å²) in [4.78, 5) is 11.8. The molecule has 2 N–H and O–H groups in total. The van der Waals surface area contributed by atoms with Crippen molar-refractivity contribution in [2.24, 2.45) is 0 Å². The number of hydrogen-bond acceptors (Lipinski definition) is 5. The van der Waals surface area contributed by atoms with Crippen LogP contribution in [0.25, 0.3) is 0 Å². The highest BCUT2D eigenvalue weighted by atomic mass is 16.4. The molecular formula is C9H14N4O2. The van der Waals surface area contributed by atoms with Crippen LogP contribution in [0.1, 0.15) is 25.7 Å². The molecule has 82 valence electrons. The van der Waals surface area contributed by atoms with Crippen LogP contribution in [0.5, 0.6) is 0 Å². The molecule has 6 heteroatoms. The van der Waals surface area contributed by atoms with Crippen LogP contribution in [0, 0.1) is 6.92 Å². The van der Waals surface area contributed by atoms with Crippen LogP contribution < -0.4 is 10.6 Å². The Morgan fingerprint density at radius 3 is 2.93 bits per heavy atom. The molecule has 1 aliphatic heterocycles. The van der Waals surface area contributed by atoms with Crippen molar-refractivity contribution < 1.29 is 9.21 Å². The largest absolute Gasteiger partial charge is 0.408 e. The highest BCUT2D eigenvalue weighted by Crippen LogP contribution is 2.20. The van der Waals surface area contributed by atoms with Gasteiger partial charge in [0.2, 0.25) is 11.8 Å². The number of aryl methyl sites for hydroxylation is 1. The van der Waals surface area contributed by atoms with Gasteiger partial charge in [0, 0.05) is 6.92 Å². The number of anilines is 1. The second-order valence-electron chi connectivity index (χ2n) is 3.94. The first kappa shape index (κ1) is 10.1. The van der Waals surface area contributed by atoms with E-state index in [9.17, 15) is 4.79 Å². The maximum Gasteiger partial charge on any atom is 0.322 e. The summed E-state index contributed by atoms with van der Waals surface area (Å²) in [6, 6.07) is 0.160.